The number of hydrogen-bond donors (Lipinski definition) is 2. The van der Waals surface area contributed by atoms with Gasteiger partial charge in [-0.05, 0) is 19.8 Å². The third kappa shape index (κ3) is 3.28. The van der Waals surface area contributed by atoms with Gasteiger partial charge in [0.1, 0.15) is 0 Å². The van der Waals surface area contributed by atoms with Gasteiger partial charge in [-0.1, -0.05) is 0 Å². The van der Waals surface area contributed by atoms with Crippen LogP contribution in [-0.2, 0) is 11.3 Å². The number of thiazole rings is 1. The number of hydrogen-bond acceptors (Lipinski definition) is 4. The Labute approximate surface area is 99.5 Å². The molecule has 1 fully saturated rings. The molecule has 0 spiro atoms. The van der Waals surface area contributed by atoms with Crippen molar-refractivity contribution >= 4 is 17.2 Å². The molecule has 0 radical (unpaired) electrons. The first kappa shape index (κ1) is 11.5. The molecule has 1 unspecified atom stereocenters. The zero-order chi connectivity index (χ0) is 11.4. The van der Waals surface area contributed by atoms with Gasteiger partial charge in [0.15, 0.2) is 0 Å². The van der Waals surface area contributed by atoms with Gasteiger partial charge < -0.3 is 10.6 Å². The van der Waals surface area contributed by atoms with E-state index < -0.39 is 0 Å². The van der Waals surface area contributed by atoms with Gasteiger partial charge in [0.2, 0.25) is 5.91 Å². The number of rotatable bonds is 3. The SMILES string of the molecule is Cc1nc(CNC2CCCNC(=O)C2)cs1. The number of amides is 1. The molecule has 1 amide bonds. The topological polar surface area (TPSA) is 54.0 Å². The third-order valence-electron chi connectivity index (χ3n) is 2.72. The average molecular weight is 239 g/mol. The molecule has 16 heavy (non-hydrogen) atoms. The first-order chi connectivity index (χ1) is 7.74. The summed E-state index contributed by atoms with van der Waals surface area (Å²) >= 11 is 1.67. The summed E-state index contributed by atoms with van der Waals surface area (Å²) in [5.41, 5.74) is 1.08. The molecule has 1 aromatic rings. The minimum Gasteiger partial charge on any atom is -0.356 e. The summed E-state index contributed by atoms with van der Waals surface area (Å²) in [7, 11) is 0. The lowest BCUT2D eigenvalue weighted by atomic mass is 10.1. The average Bonchev–Trinajstić information content (AvgIpc) is 2.55. The van der Waals surface area contributed by atoms with E-state index in [9.17, 15) is 4.79 Å². The van der Waals surface area contributed by atoms with E-state index in [1.165, 1.54) is 0 Å². The van der Waals surface area contributed by atoms with Crippen LogP contribution in [0.25, 0.3) is 0 Å². The summed E-state index contributed by atoms with van der Waals surface area (Å²) in [6.45, 7) is 3.59. The zero-order valence-electron chi connectivity index (χ0n) is 9.45. The van der Waals surface area contributed by atoms with E-state index in [1.807, 2.05) is 6.92 Å². The minimum absolute atomic E-state index is 0.157. The molecule has 1 aliphatic heterocycles. The molecule has 2 N–H and O–H groups in total. The summed E-state index contributed by atoms with van der Waals surface area (Å²) in [6, 6.07) is 0.296. The van der Waals surface area contributed by atoms with Crippen molar-refractivity contribution < 1.29 is 4.79 Å². The van der Waals surface area contributed by atoms with Gasteiger partial charge in [-0.2, -0.15) is 0 Å². The second-order valence-corrected chi connectivity index (χ2v) is 5.19. The lowest BCUT2D eigenvalue weighted by Gasteiger charge is -2.13. The Bertz CT molecular complexity index is 364. The van der Waals surface area contributed by atoms with E-state index >= 15 is 0 Å². The van der Waals surface area contributed by atoms with Gasteiger partial charge >= 0.3 is 0 Å². The molecule has 2 rings (SSSR count). The van der Waals surface area contributed by atoms with E-state index in [1.54, 1.807) is 11.3 Å². The maximum atomic E-state index is 11.3. The Balaban J connectivity index is 1.82. The Morgan fingerprint density at radius 2 is 2.56 bits per heavy atom. The number of carbonyl (C=O) groups excluding carboxylic acids is 1. The van der Waals surface area contributed by atoms with Crippen LogP contribution < -0.4 is 10.6 Å². The second-order valence-electron chi connectivity index (χ2n) is 4.13. The van der Waals surface area contributed by atoms with Crippen molar-refractivity contribution in [1.82, 2.24) is 15.6 Å². The van der Waals surface area contributed by atoms with E-state index in [-0.39, 0.29) is 5.91 Å². The molecule has 1 aliphatic rings. The monoisotopic (exact) mass is 239 g/mol. The fourth-order valence-electron chi connectivity index (χ4n) is 1.89. The Morgan fingerprint density at radius 1 is 1.69 bits per heavy atom. The van der Waals surface area contributed by atoms with Crippen molar-refractivity contribution in [2.24, 2.45) is 0 Å². The lowest BCUT2D eigenvalue weighted by Crippen LogP contribution is -2.32. The Morgan fingerprint density at radius 3 is 3.31 bits per heavy atom. The van der Waals surface area contributed by atoms with Crippen molar-refractivity contribution in [2.45, 2.75) is 38.8 Å². The third-order valence-corrected chi connectivity index (χ3v) is 3.54. The number of aryl methyl sites for hydroxylation is 1. The van der Waals surface area contributed by atoms with Crippen molar-refractivity contribution in [3.63, 3.8) is 0 Å². The summed E-state index contributed by atoms with van der Waals surface area (Å²) in [4.78, 5) is 15.7. The van der Waals surface area contributed by atoms with Crippen LogP contribution >= 0.6 is 11.3 Å². The normalized spacial score (nSPS) is 21.6. The fourth-order valence-corrected chi connectivity index (χ4v) is 2.50. The largest absolute Gasteiger partial charge is 0.356 e. The molecule has 4 nitrogen and oxygen atoms in total. The standard InChI is InChI=1S/C11H17N3OS/c1-8-14-10(7-16-8)6-13-9-3-2-4-12-11(15)5-9/h7,9,13H,2-6H2,1H3,(H,12,15). The van der Waals surface area contributed by atoms with E-state index in [2.05, 4.69) is 21.0 Å². The molecule has 1 aromatic heterocycles. The summed E-state index contributed by atoms with van der Waals surface area (Å²) in [5.74, 6) is 0.157. The Kier molecular flexibility index (Phi) is 3.90. The van der Waals surface area contributed by atoms with Crippen molar-refractivity contribution in [2.75, 3.05) is 6.54 Å². The summed E-state index contributed by atoms with van der Waals surface area (Å²) < 4.78 is 0. The van der Waals surface area contributed by atoms with Crippen LogP contribution in [0.4, 0.5) is 0 Å². The smallest absolute Gasteiger partial charge is 0.221 e. The van der Waals surface area contributed by atoms with Gasteiger partial charge in [-0.3, -0.25) is 4.79 Å². The van der Waals surface area contributed by atoms with Crippen molar-refractivity contribution in [1.29, 1.82) is 0 Å². The predicted octanol–water partition coefficient (Wildman–Crippen LogP) is 1.21. The molecule has 0 aromatic carbocycles. The van der Waals surface area contributed by atoms with Crippen molar-refractivity contribution in [3.8, 4) is 0 Å². The highest BCUT2D eigenvalue weighted by Crippen LogP contribution is 2.10. The summed E-state index contributed by atoms with van der Waals surface area (Å²) in [5, 5.41) is 9.45. The maximum Gasteiger partial charge on any atom is 0.221 e. The van der Waals surface area contributed by atoms with Crippen LogP contribution in [0, 0.1) is 6.92 Å². The van der Waals surface area contributed by atoms with Crippen LogP contribution in [0.2, 0.25) is 0 Å². The maximum absolute atomic E-state index is 11.3. The van der Waals surface area contributed by atoms with Gasteiger partial charge in [0.05, 0.1) is 10.7 Å². The van der Waals surface area contributed by atoms with Crippen LogP contribution in [0.3, 0.4) is 0 Å². The lowest BCUT2D eigenvalue weighted by molar-refractivity contribution is -0.121. The Hall–Kier alpha value is -0.940. The number of aromatic nitrogens is 1. The molecular weight excluding hydrogens is 222 g/mol. The highest BCUT2D eigenvalue weighted by Gasteiger charge is 2.16. The molecule has 1 atom stereocenters. The molecular formula is C11H17N3OS. The first-order valence-corrected chi connectivity index (χ1v) is 6.53. The van der Waals surface area contributed by atoms with Crippen LogP contribution in [-0.4, -0.2) is 23.5 Å². The number of nitrogens with one attached hydrogen (secondary N) is 2. The fraction of sp³-hybridized carbons (Fsp3) is 0.636. The molecule has 2 heterocycles. The highest BCUT2D eigenvalue weighted by atomic mass is 32.1. The molecule has 1 saturated heterocycles. The van der Waals surface area contributed by atoms with Gasteiger partial charge in [-0.15, -0.1) is 11.3 Å². The van der Waals surface area contributed by atoms with Crippen molar-refractivity contribution in [3.05, 3.63) is 16.1 Å². The van der Waals surface area contributed by atoms with Crippen LogP contribution in [0.1, 0.15) is 30.0 Å². The van der Waals surface area contributed by atoms with E-state index in [0.29, 0.717) is 12.5 Å². The first-order valence-electron chi connectivity index (χ1n) is 5.65. The van der Waals surface area contributed by atoms with E-state index in [0.717, 1.165) is 36.6 Å². The second kappa shape index (κ2) is 5.41. The zero-order valence-corrected chi connectivity index (χ0v) is 10.3. The molecule has 88 valence electrons. The summed E-state index contributed by atoms with van der Waals surface area (Å²) in [6.07, 6.45) is 2.70. The van der Waals surface area contributed by atoms with Gasteiger partial charge in [-0.25, -0.2) is 4.98 Å². The predicted molar refractivity (Wildman–Crippen MR) is 64.3 cm³/mol. The van der Waals surface area contributed by atoms with E-state index in [4.69, 9.17) is 0 Å². The molecule has 0 saturated carbocycles. The quantitative estimate of drug-likeness (QED) is 0.833. The highest BCUT2D eigenvalue weighted by molar-refractivity contribution is 7.09. The molecule has 0 bridgehead atoms. The molecule has 0 aliphatic carbocycles. The van der Waals surface area contributed by atoms with Crippen LogP contribution in [0.15, 0.2) is 5.38 Å². The molecule has 5 heteroatoms. The van der Waals surface area contributed by atoms with Gasteiger partial charge in [0, 0.05) is 30.9 Å². The van der Waals surface area contributed by atoms with Gasteiger partial charge in [0.25, 0.3) is 0 Å². The number of nitrogens with zero attached hydrogens (tertiary/aromatic N) is 1. The minimum atomic E-state index is 0.157. The number of carbonyl (C=O) groups is 1. The van der Waals surface area contributed by atoms with Crippen LogP contribution in [0.5, 0.6) is 0 Å².